The highest BCUT2D eigenvalue weighted by Gasteiger charge is 2.33. The van der Waals surface area contributed by atoms with Crippen LogP contribution < -0.4 is 5.32 Å². The van der Waals surface area contributed by atoms with Crippen molar-refractivity contribution in [3.63, 3.8) is 0 Å². The molecule has 1 heterocycles. The third-order valence-electron chi connectivity index (χ3n) is 5.52. The molecule has 0 saturated heterocycles. The average molecular weight is 430 g/mol. The quantitative estimate of drug-likeness (QED) is 0.460. The van der Waals surface area contributed by atoms with Crippen LogP contribution in [0.1, 0.15) is 32.7 Å². The van der Waals surface area contributed by atoms with Crippen LogP contribution in [0.3, 0.4) is 0 Å². The van der Waals surface area contributed by atoms with Gasteiger partial charge in [0.15, 0.2) is 0 Å². The van der Waals surface area contributed by atoms with Gasteiger partial charge in [-0.2, -0.15) is 0 Å². The maximum absolute atomic E-state index is 12.9. The number of methoxy groups -OCH3 is 1. The summed E-state index contributed by atoms with van der Waals surface area (Å²) in [5.74, 6) is -1.87. The zero-order valence-electron chi connectivity index (χ0n) is 17.5. The van der Waals surface area contributed by atoms with Crippen molar-refractivity contribution in [1.29, 1.82) is 0 Å². The van der Waals surface area contributed by atoms with Crippen molar-refractivity contribution < 1.29 is 23.9 Å². The molecule has 0 saturated carbocycles. The highest BCUT2D eigenvalue weighted by Crippen LogP contribution is 2.29. The molecule has 1 N–H and O–H groups in total. The first-order valence-corrected chi connectivity index (χ1v) is 10.3. The Morgan fingerprint density at radius 1 is 0.906 bits per heavy atom. The number of ether oxygens (including phenoxy) is 1. The van der Waals surface area contributed by atoms with Gasteiger partial charge in [0, 0.05) is 35.9 Å². The van der Waals surface area contributed by atoms with Crippen LogP contribution >= 0.6 is 0 Å². The second kappa shape index (κ2) is 9.01. The molecule has 4 rings (SSSR count). The van der Waals surface area contributed by atoms with Gasteiger partial charge in [-0.15, -0.1) is 0 Å². The number of esters is 1. The van der Waals surface area contributed by atoms with E-state index in [1.54, 1.807) is 24.3 Å². The van der Waals surface area contributed by atoms with Gasteiger partial charge in [0.1, 0.15) is 6.04 Å². The van der Waals surface area contributed by atoms with Crippen molar-refractivity contribution in [1.82, 2.24) is 10.2 Å². The van der Waals surface area contributed by atoms with Crippen LogP contribution in [0.25, 0.3) is 10.8 Å². The summed E-state index contributed by atoms with van der Waals surface area (Å²) in [6.07, 6.45) is 0.147. The molecule has 0 spiro atoms. The fraction of sp³-hybridized carbons (Fsp3) is 0.200. The summed E-state index contributed by atoms with van der Waals surface area (Å²) >= 11 is 0. The molecule has 162 valence electrons. The van der Waals surface area contributed by atoms with Crippen LogP contribution in [0.4, 0.5) is 0 Å². The third-order valence-corrected chi connectivity index (χ3v) is 5.52. The number of hydrogen-bond donors (Lipinski definition) is 1. The van der Waals surface area contributed by atoms with E-state index < -0.39 is 29.7 Å². The predicted octanol–water partition coefficient (Wildman–Crippen LogP) is 2.73. The van der Waals surface area contributed by atoms with Gasteiger partial charge in [0.2, 0.25) is 5.91 Å². The summed E-state index contributed by atoms with van der Waals surface area (Å²) in [6, 6.07) is 19.0. The summed E-state index contributed by atoms with van der Waals surface area (Å²) in [5, 5.41) is 4.12. The number of nitrogens with one attached hydrogen (secondary N) is 1. The topological polar surface area (TPSA) is 92.8 Å². The van der Waals surface area contributed by atoms with Gasteiger partial charge in [0.05, 0.1) is 7.11 Å². The minimum atomic E-state index is -0.864. The molecule has 0 aliphatic carbocycles. The zero-order chi connectivity index (χ0) is 22.7. The normalized spacial score (nSPS) is 13.7. The lowest BCUT2D eigenvalue weighted by Crippen LogP contribution is -2.46. The lowest BCUT2D eigenvalue weighted by molar-refractivity contribution is -0.145. The van der Waals surface area contributed by atoms with Crippen LogP contribution in [-0.2, 0) is 20.7 Å². The fourth-order valence-corrected chi connectivity index (χ4v) is 3.95. The van der Waals surface area contributed by atoms with E-state index in [-0.39, 0.29) is 19.4 Å². The van der Waals surface area contributed by atoms with Crippen molar-refractivity contribution in [2.45, 2.75) is 18.9 Å². The Hall–Kier alpha value is -4.00. The largest absolute Gasteiger partial charge is 0.467 e. The van der Waals surface area contributed by atoms with Crippen molar-refractivity contribution in [3.05, 3.63) is 83.4 Å². The van der Waals surface area contributed by atoms with Crippen LogP contribution in [0.15, 0.2) is 66.7 Å². The Kier molecular flexibility index (Phi) is 5.98. The lowest BCUT2D eigenvalue weighted by atomic mass is 9.94. The highest BCUT2D eigenvalue weighted by atomic mass is 16.5. The monoisotopic (exact) mass is 430 g/mol. The Morgan fingerprint density at radius 3 is 2.12 bits per heavy atom. The fourth-order valence-electron chi connectivity index (χ4n) is 3.95. The van der Waals surface area contributed by atoms with E-state index in [0.29, 0.717) is 16.5 Å². The number of hydrogen-bond acceptors (Lipinski definition) is 5. The van der Waals surface area contributed by atoms with E-state index in [2.05, 4.69) is 5.32 Å². The Morgan fingerprint density at radius 2 is 1.53 bits per heavy atom. The Balaban J connectivity index is 1.46. The van der Waals surface area contributed by atoms with Gasteiger partial charge in [0.25, 0.3) is 11.8 Å². The van der Waals surface area contributed by atoms with E-state index in [4.69, 9.17) is 4.74 Å². The van der Waals surface area contributed by atoms with Crippen LogP contribution in [0, 0.1) is 0 Å². The van der Waals surface area contributed by atoms with E-state index in [9.17, 15) is 19.2 Å². The first kappa shape index (κ1) is 21.2. The number of carbonyl (C=O) groups is 4. The minimum Gasteiger partial charge on any atom is -0.467 e. The molecular weight excluding hydrogens is 408 g/mol. The maximum Gasteiger partial charge on any atom is 0.328 e. The molecule has 7 nitrogen and oxygen atoms in total. The molecule has 32 heavy (non-hydrogen) atoms. The zero-order valence-corrected chi connectivity index (χ0v) is 17.5. The Bertz CT molecular complexity index is 1150. The van der Waals surface area contributed by atoms with Crippen molar-refractivity contribution in [2.75, 3.05) is 13.7 Å². The van der Waals surface area contributed by atoms with Crippen molar-refractivity contribution in [3.8, 4) is 0 Å². The molecule has 0 fully saturated rings. The number of benzene rings is 3. The maximum atomic E-state index is 12.9. The molecular formula is C25H22N2O5. The molecule has 3 amide bonds. The Labute approximate surface area is 185 Å². The lowest BCUT2D eigenvalue weighted by Gasteiger charge is -2.27. The van der Waals surface area contributed by atoms with E-state index in [1.807, 2.05) is 42.5 Å². The molecule has 7 heteroatoms. The number of rotatable bonds is 7. The molecule has 1 atom stereocenters. The molecule has 1 aliphatic heterocycles. The number of amides is 3. The predicted molar refractivity (Wildman–Crippen MR) is 118 cm³/mol. The first-order valence-electron chi connectivity index (χ1n) is 10.3. The molecule has 3 aromatic carbocycles. The van der Waals surface area contributed by atoms with Gasteiger partial charge in [-0.3, -0.25) is 19.3 Å². The summed E-state index contributed by atoms with van der Waals surface area (Å²) in [5.41, 5.74) is 1.75. The van der Waals surface area contributed by atoms with Crippen molar-refractivity contribution >= 4 is 34.5 Å². The van der Waals surface area contributed by atoms with Gasteiger partial charge in [-0.05, 0) is 23.1 Å². The summed E-state index contributed by atoms with van der Waals surface area (Å²) < 4.78 is 4.81. The smallest absolute Gasteiger partial charge is 0.328 e. The summed E-state index contributed by atoms with van der Waals surface area (Å²) in [6.45, 7) is -0.0898. The minimum absolute atomic E-state index is 0.0898. The standard InChI is InChI=1S/C25H22N2O5/c1-32-25(31)20(15-16-7-3-2-4-8-16)26-21(28)13-14-27-23(29)18-11-5-9-17-10-6-12-19(22(17)18)24(27)30/h2-12,20H,13-15H2,1H3,(H,26,28)/t20-/m1/s1. The molecule has 0 aromatic heterocycles. The van der Waals surface area contributed by atoms with Gasteiger partial charge in [-0.1, -0.05) is 54.6 Å². The van der Waals surface area contributed by atoms with E-state index >= 15 is 0 Å². The van der Waals surface area contributed by atoms with Gasteiger partial charge >= 0.3 is 5.97 Å². The second-order valence-electron chi connectivity index (χ2n) is 7.55. The first-order chi connectivity index (χ1) is 15.5. The third kappa shape index (κ3) is 4.09. The summed E-state index contributed by atoms with van der Waals surface area (Å²) in [4.78, 5) is 51.7. The molecule has 0 radical (unpaired) electrons. The molecule has 0 unspecified atom stereocenters. The van der Waals surface area contributed by atoms with Crippen LogP contribution in [0.5, 0.6) is 0 Å². The van der Waals surface area contributed by atoms with E-state index in [0.717, 1.165) is 15.8 Å². The number of imide groups is 1. The van der Waals surface area contributed by atoms with Crippen molar-refractivity contribution in [2.24, 2.45) is 0 Å². The summed E-state index contributed by atoms with van der Waals surface area (Å²) in [7, 11) is 1.26. The molecule has 1 aliphatic rings. The highest BCUT2D eigenvalue weighted by molar-refractivity contribution is 6.25. The van der Waals surface area contributed by atoms with E-state index in [1.165, 1.54) is 7.11 Å². The van der Waals surface area contributed by atoms with Crippen LogP contribution in [0.2, 0.25) is 0 Å². The number of nitrogens with zero attached hydrogens (tertiary/aromatic N) is 1. The second-order valence-corrected chi connectivity index (χ2v) is 7.55. The van der Waals surface area contributed by atoms with Crippen LogP contribution in [-0.4, -0.2) is 48.3 Å². The van der Waals surface area contributed by atoms with Gasteiger partial charge in [-0.25, -0.2) is 4.79 Å². The average Bonchev–Trinajstić information content (AvgIpc) is 2.82. The molecule has 0 bridgehead atoms. The van der Waals surface area contributed by atoms with Gasteiger partial charge < -0.3 is 10.1 Å². The molecule has 3 aromatic rings. The number of carbonyl (C=O) groups excluding carboxylic acids is 4. The SMILES string of the molecule is COC(=O)[C@@H](Cc1ccccc1)NC(=O)CCN1C(=O)c2cccc3cccc(c23)C1=O.